The van der Waals surface area contributed by atoms with Gasteiger partial charge in [-0.15, -0.1) is 0 Å². The minimum absolute atomic E-state index is 0.204. The molecule has 2 atom stereocenters. The van der Waals surface area contributed by atoms with Gasteiger partial charge in [0, 0.05) is 12.7 Å². The van der Waals surface area contributed by atoms with Crippen LogP contribution in [0.25, 0.3) is 0 Å². The lowest BCUT2D eigenvalue weighted by atomic mass is 9.88. The number of allylic oxidation sites excluding steroid dienone is 2. The van der Waals surface area contributed by atoms with Crippen LogP contribution in [0.1, 0.15) is 6.42 Å². The van der Waals surface area contributed by atoms with E-state index >= 15 is 0 Å². The SMILES string of the molecule is O=C(O)C1CCN2C=CC=CC2C1=O. The molecule has 0 saturated carbocycles. The highest BCUT2D eigenvalue weighted by Gasteiger charge is 2.38. The van der Waals surface area contributed by atoms with Crippen LogP contribution in [0.5, 0.6) is 0 Å². The molecule has 1 saturated heterocycles. The zero-order valence-corrected chi connectivity index (χ0v) is 7.59. The van der Waals surface area contributed by atoms with Crippen molar-refractivity contribution in [3.8, 4) is 0 Å². The van der Waals surface area contributed by atoms with Crippen LogP contribution in [0.3, 0.4) is 0 Å². The summed E-state index contributed by atoms with van der Waals surface area (Å²) in [6, 6.07) is -0.366. The summed E-state index contributed by atoms with van der Waals surface area (Å²) in [5.74, 6) is -2.03. The minimum atomic E-state index is -1.00. The molecule has 74 valence electrons. The number of piperidine rings is 1. The van der Waals surface area contributed by atoms with Crippen LogP contribution < -0.4 is 0 Å². The van der Waals surface area contributed by atoms with Crippen LogP contribution in [0.4, 0.5) is 0 Å². The number of rotatable bonds is 1. The summed E-state index contributed by atoms with van der Waals surface area (Å²) in [5.41, 5.74) is 0. The maximum atomic E-state index is 11.7. The van der Waals surface area contributed by atoms with E-state index in [-0.39, 0.29) is 11.8 Å². The second kappa shape index (κ2) is 3.29. The molecule has 0 aromatic rings. The Morgan fingerprint density at radius 2 is 2.29 bits per heavy atom. The predicted octanol–water partition coefficient (Wildman–Crippen LogP) is 0.414. The second-order valence-corrected chi connectivity index (χ2v) is 3.49. The van der Waals surface area contributed by atoms with Crippen molar-refractivity contribution in [2.75, 3.05) is 6.54 Å². The average Bonchev–Trinajstić information content (AvgIpc) is 2.18. The van der Waals surface area contributed by atoms with E-state index in [9.17, 15) is 9.59 Å². The van der Waals surface area contributed by atoms with E-state index in [2.05, 4.69) is 0 Å². The fourth-order valence-corrected chi connectivity index (χ4v) is 1.88. The van der Waals surface area contributed by atoms with Gasteiger partial charge in [0.2, 0.25) is 0 Å². The molecule has 2 rings (SSSR count). The highest BCUT2D eigenvalue weighted by atomic mass is 16.4. The first-order valence-corrected chi connectivity index (χ1v) is 4.57. The third-order valence-corrected chi connectivity index (χ3v) is 2.65. The summed E-state index contributed by atoms with van der Waals surface area (Å²) < 4.78 is 0. The molecule has 0 amide bonds. The molecule has 2 aliphatic heterocycles. The molecular formula is C10H11NO3. The van der Waals surface area contributed by atoms with Crippen LogP contribution in [-0.4, -0.2) is 34.3 Å². The van der Waals surface area contributed by atoms with E-state index in [0.29, 0.717) is 13.0 Å². The summed E-state index contributed by atoms with van der Waals surface area (Å²) in [5, 5.41) is 8.82. The predicted molar refractivity (Wildman–Crippen MR) is 49.5 cm³/mol. The van der Waals surface area contributed by atoms with Gasteiger partial charge >= 0.3 is 5.97 Å². The molecule has 0 spiro atoms. The number of fused-ring (bicyclic) bond motifs is 1. The molecule has 4 heteroatoms. The summed E-state index contributed by atoms with van der Waals surface area (Å²) >= 11 is 0. The molecule has 2 heterocycles. The molecular weight excluding hydrogens is 182 g/mol. The molecule has 1 fully saturated rings. The van der Waals surface area contributed by atoms with Gasteiger partial charge in [0.15, 0.2) is 5.78 Å². The van der Waals surface area contributed by atoms with Gasteiger partial charge in [0.1, 0.15) is 12.0 Å². The number of ketones is 1. The fraction of sp³-hybridized carbons (Fsp3) is 0.400. The Balaban J connectivity index is 2.20. The Morgan fingerprint density at radius 1 is 1.50 bits per heavy atom. The molecule has 0 aromatic carbocycles. The number of aliphatic carboxylic acids is 1. The van der Waals surface area contributed by atoms with Crippen LogP contribution in [0.15, 0.2) is 24.4 Å². The summed E-state index contributed by atoms with van der Waals surface area (Å²) in [7, 11) is 0. The van der Waals surface area contributed by atoms with Crippen molar-refractivity contribution < 1.29 is 14.7 Å². The Bertz CT molecular complexity index is 332. The first kappa shape index (κ1) is 8.99. The Morgan fingerprint density at radius 3 is 3.00 bits per heavy atom. The number of carbonyl (C=O) groups is 2. The van der Waals surface area contributed by atoms with E-state index in [0.717, 1.165) is 0 Å². The van der Waals surface area contributed by atoms with Gasteiger partial charge in [-0.3, -0.25) is 9.59 Å². The molecule has 14 heavy (non-hydrogen) atoms. The van der Waals surface area contributed by atoms with Crippen LogP contribution >= 0.6 is 0 Å². The second-order valence-electron chi connectivity index (χ2n) is 3.49. The highest BCUT2D eigenvalue weighted by molar-refractivity contribution is 6.02. The lowest BCUT2D eigenvalue weighted by molar-refractivity contribution is -0.149. The van der Waals surface area contributed by atoms with E-state index in [1.165, 1.54) is 0 Å². The number of carboxylic acid groups (broad SMARTS) is 1. The van der Waals surface area contributed by atoms with Crippen molar-refractivity contribution >= 4 is 11.8 Å². The standard InChI is InChI=1S/C10H11NO3/c12-9-7(10(13)14)4-6-11-5-2-1-3-8(9)11/h1-3,5,7-8H,4,6H2,(H,13,14). The van der Waals surface area contributed by atoms with Gasteiger partial charge in [0.05, 0.1) is 0 Å². The van der Waals surface area contributed by atoms with Gasteiger partial charge in [-0.2, -0.15) is 0 Å². The first-order chi connectivity index (χ1) is 6.70. The van der Waals surface area contributed by atoms with Crippen molar-refractivity contribution in [2.45, 2.75) is 12.5 Å². The van der Waals surface area contributed by atoms with Crippen molar-refractivity contribution in [1.82, 2.24) is 4.90 Å². The molecule has 0 aliphatic carbocycles. The van der Waals surface area contributed by atoms with Crippen molar-refractivity contribution in [3.05, 3.63) is 24.4 Å². The number of Topliss-reactive ketones (excluding diaryl/α,β-unsaturated/α-hetero) is 1. The van der Waals surface area contributed by atoms with Crippen LogP contribution in [0, 0.1) is 5.92 Å². The number of hydrogen-bond acceptors (Lipinski definition) is 3. The van der Waals surface area contributed by atoms with Crippen LogP contribution in [-0.2, 0) is 9.59 Å². The number of hydrogen-bond donors (Lipinski definition) is 1. The lowest BCUT2D eigenvalue weighted by Gasteiger charge is -2.35. The Labute approximate surface area is 81.5 Å². The summed E-state index contributed by atoms with van der Waals surface area (Å²) in [4.78, 5) is 24.3. The Kier molecular flexibility index (Phi) is 2.11. The van der Waals surface area contributed by atoms with E-state index in [1.807, 2.05) is 17.2 Å². The monoisotopic (exact) mass is 193 g/mol. The van der Waals surface area contributed by atoms with Crippen molar-refractivity contribution in [1.29, 1.82) is 0 Å². The topological polar surface area (TPSA) is 57.6 Å². The molecule has 2 aliphatic rings. The van der Waals surface area contributed by atoms with Crippen molar-refractivity contribution in [2.24, 2.45) is 5.92 Å². The smallest absolute Gasteiger partial charge is 0.314 e. The molecule has 1 N–H and O–H groups in total. The van der Waals surface area contributed by atoms with Gasteiger partial charge < -0.3 is 10.0 Å². The fourth-order valence-electron chi connectivity index (χ4n) is 1.88. The highest BCUT2D eigenvalue weighted by Crippen LogP contribution is 2.22. The number of carbonyl (C=O) groups excluding carboxylic acids is 1. The van der Waals surface area contributed by atoms with Gasteiger partial charge in [0.25, 0.3) is 0 Å². The normalized spacial score (nSPS) is 30.3. The van der Waals surface area contributed by atoms with E-state index < -0.39 is 11.9 Å². The first-order valence-electron chi connectivity index (χ1n) is 4.57. The van der Waals surface area contributed by atoms with E-state index in [4.69, 9.17) is 5.11 Å². The summed E-state index contributed by atoms with van der Waals surface area (Å²) in [6.07, 6.45) is 7.62. The number of nitrogens with zero attached hydrogens (tertiary/aromatic N) is 1. The number of carboxylic acids is 1. The van der Waals surface area contributed by atoms with Crippen LogP contribution in [0.2, 0.25) is 0 Å². The largest absolute Gasteiger partial charge is 0.481 e. The molecule has 0 radical (unpaired) electrons. The zero-order valence-electron chi connectivity index (χ0n) is 7.59. The summed E-state index contributed by atoms with van der Waals surface area (Å²) in [6.45, 7) is 0.633. The van der Waals surface area contributed by atoms with Gasteiger partial charge in [-0.05, 0) is 12.5 Å². The third-order valence-electron chi connectivity index (χ3n) is 2.65. The maximum absolute atomic E-state index is 11.7. The Hall–Kier alpha value is -1.58. The average molecular weight is 193 g/mol. The van der Waals surface area contributed by atoms with E-state index in [1.54, 1.807) is 12.2 Å². The van der Waals surface area contributed by atoms with Gasteiger partial charge in [-0.1, -0.05) is 12.2 Å². The molecule has 4 nitrogen and oxygen atoms in total. The molecule has 0 aromatic heterocycles. The quantitative estimate of drug-likeness (QED) is 0.613. The molecule has 0 bridgehead atoms. The minimum Gasteiger partial charge on any atom is -0.481 e. The third kappa shape index (κ3) is 1.32. The molecule has 2 unspecified atom stereocenters. The van der Waals surface area contributed by atoms with Gasteiger partial charge in [-0.25, -0.2) is 0 Å². The maximum Gasteiger partial charge on any atom is 0.314 e. The zero-order chi connectivity index (χ0) is 10.1. The van der Waals surface area contributed by atoms with Crippen molar-refractivity contribution in [3.63, 3.8) is 0 Å². The lowest BCUT2D eigenvalue weighted by Crippen LogP contribution is -2.48.